The summed E-state index contributed by atoms with van der Waals surface area (Å²) in [4.78, 5) is 13.5. The summed E-state index contributed by atoms with van der Waals surface area (Å²) in [5.74, 6) is 0.679. The lowest BCUT2D eigenvalue weighted by atomic mass is 9.95. The number of ether oxygens (including phenoxy) is 2. The summed E-state index contributed by atoms with van der Waals surface area (Å²) in [6.07, 6.45) is 3.60. The number of aryl methyl sites for hydroxylation is 1. The van der Waals surface area contributed by atoms with Crippen LogP contribution in [-0.4, -0.2) is 21.5 Å². The fraction of sp³-hybridized carbons (Fsp3) is 0.227. The molecule has 6 nitrogen and oxygen atoms in total. The summed E-state index contributed by atoms with van der Waals surface area (Å²) in [5, 5.41) is 0.318. The van der Waals surface area contributed by atoms with Crippen LogP contribution in [0.15, 0.2) is 59.5 Å². The van der Waals surface area contributed by atoms with Gasteiger partial charge in [-0.05, 0) is 67.6 Å². The van der Waals surface area contributed by atoms with Crippen molar-refractivity contribution in [3.8, 4) is 11.5 Å². The minimum Gasteiger partial charge on any atom is -0.465 e. The van der Waals surface area contributed by atoms with E-state index < -0.39 is 16.0 Å². The third-order valence-corrected chi connectivity index (χ3v) is 7.60. The highest BCUT2D eigenvalue weighted by atomic mass is 32.2. The molecule has 1 N–H and O–H groups in total. The van der Waals surface area contributed by atoms with Crippen LogP contribution >= 0.6 is 11.3 Å². The lowest BCUT2D eigenvalue weighted by Crippen LogP contribution is -2.15. The van der Waals surface area contributed by atoms with Crippen LogP contribution in [0.25, 0.3) is 0 Å². The van der Waals surface area contributed by atoms with Crippen molar-refractivity contribution in [2.45, 2.75) is 30.6 Å². The molecule has 0 amide bonds. The Labute approximate surface area is 179 Å². The molecule has 0 radical (unpaired) electrons. The average Bonchev–Trinajstić information content (AvgIpc) is 3.11. The number of benzene rings is 2. The Hall–Kier alpha value is -2.84. The highest BCUT2D eigenvalue weighted by Crippen LogP contribution is 2.39. The van der Waals surface area contributed by atoms with Gasteiger partial charge in [0.25, 0.3) is 10.0 Å². The number of hydrogen-bond donors (Lipinski definition) is 1. The number of anilines is 1. The second-order valence-electron chi connectivity index (χ2n) is 6.90. The molecule has 0 fully saturated rings. The highest BCUT2D eigenvalue weighted by Gasteiger charge is 2.28. The maximum absolute atomic E-state index is 12.9. The summed E-state index contributed by atoms with van der Waals surface area (Å²) in [6.45, 7) is 0. The number of hydrogen-bond acceptors (Lipinski definition) is 6. The first-order valence-corrected chi connectivity index (χ1v) is 11.9. The minimum atomic E-state index is -3.87. The molecule has 0 spiro atoms. The zero-order valence-electron chi connectivity index (χ0n) is 16.4. The first kappa shape index (κ1) is 20.4. The van der Waals surface area contributed by atoms with Crippen LogP contribution in [-0.2, 0) is 27.6 Å². The Morgan fingerprint density at radius 2 is 1.63 bits per heavy atom. The number of fused-ring (bicyclic) bond motifs is 1. The van der Waals surface area contributed by atoms with Gasteiger partial charge in [-0.2, -0.15) is 0 Å². The molecule has 30 heavy (non-hydrogen) atoms. The van der Waals surface area contributed by atoms with Crippen molar-refractivity contribution in [2.75, 3.05) is 11.8 Å². The Morgan fingerprint density at radius 1 is 0.967 bits per heavy atom. The van der Waals surface area contributed by atoms with Crippen LogP contribution in [0.3, 0.4) is 0 Å². The summed E-state index contributed by atoms with van der Waals surface area (Å²) in [7, 11) is -2.57. The maximum atomic E-state index is 12.9. The molecule has 1 heterocycles. The summed E-state index contributed by atoms with van der Waals surface area (Å²) >= 11 is 1.32. The van der Waals surface area contributed by atoms with E-state index >= 15 is 0 Å². The van der Waals surface area contributed by atoms with E-state index in [1.165, 1.54) is 30.6 Å². The standard InChI is InChI=1S/C22H21NO5S2/c1-27-22(24)20-18-9-5-6-10-19(18)29-21(20)23-30(25,26)17-13-11-16(12-14-17)28-15-7-3-2-4-8-15/h2-4,7-8,11-14,23H,5-6,9-10H2,1H3. The molecule has 3 aromatic rings. The lowest BCUT2D eigenvalue weighted by Gasteiger charge is -2.12. The Kier molecular flexibility index (Phi) is 5.78. The molecule has 0 saturated carbocycles. The quantitative estimate of drug-likeness (QED) is 0.542. The number of esters is 1. The predicted octanol–water partition coefficient (Wildman–Crippen LogP) is 5.01. The Morgan fingerprint density at radius 3 is 2.33 bits per heavy atom. The van der Waals surface area contributed by atoms with E-state index in [1.54, 1.807) is 12.1 Å². The molecule has 0 unspecified atom stereocenters. The van der Waals surface area contributed by atoms with Crippen molar-refractivity contribution >= 4 is 32.3 Å². The van der Waals surface area contributed by atoms with E-state index in [0.717, 1.165) is 36.1 Å². The van der Waals surface area contributed by atoms with E-state index in [9.17, 15) is 13.2 Å². The van der Waals surface area contributed by atoms with Gasteiger partial charge in [-0.25, -0.2) is 13.2 Å². The number of sulfonamides is 1. The molecule has 1 aliphatic rings. The first-order valence-electron chi connectivity index (χ1n) is 9.56. The highest BCUT2D eigenvalue weighted by molar-refractivity contribution is 7.93. The van der Waals surface area contributed by atoms with Crippen molar-refractivity contribution < 1.29 is 22.7 Å². The number of para-hydroxylation sites is 1. The van der Waals surface area contributed by atoms with Crippen LogP contribution in [0.1, 0.15) is 33.6 Å². The van der Waals surface area contributed by atoms with Crippen molar-refractivity contribution in [3.05, 3.63) is 70.6 Å². The van der Waals surface area contributed by atoms with Crippen molar-refractivity contribution in [2.24, 2.45) is 0 Å². The largest absolute Gasteiger partial charge is 0.465 e. The third kappa shape index (κ3) is 4.20. The zero-order valence-corrected chi connectivity index (χ0v) is 18.0. The van der Waals surface area contributed by atoms with Crippen LogP contribution < -0.4 is 9.46 Å². The van der Waals surface area contributed by atoms with Crippen LogP contribution in [0.2, 0.25) is 0 Å². The summed E-state index contributed by atoms with van der Waals surface area (Å²) in [6, 6.07) is 15.4. The van der Waals surface area contributed by atoms with E-state index in [4.69, 9.17) is 9.47 Å². The second kappa shape index (κ2) is 8.49. The van der Waals surface area contributed by atoms with E-state index in [0.29, 0.717) is 22.1 Å². The fourth-order valence-corrected chi connectivity index (χ4v) is 6.03. The number of carbonyl (C=O) groups excluding carboxylic acids is 1. The van der Waals surface area contributed by atoms with E-state index in [1.807, 2.05) is 30.3 Å². The summed E-state index contributed by atoms with van der Waals surface area (Å²) < 4.78 is 39.1. The zero-order chi connectivity index (χ0) is 21.1. The van der Waals surface area contributed by atoms with Gasteiger partial charge in [0.15, 0.2) is 0 Å². The van der Waals surface area contributed by atoms with E-state index in [-0.39, 0.29) is 4.90 Å². The molecular weight excluding hydrogens is 422 g/mol. The first-order chi connectivity index (χ1) is 14.5. The maximum Gasteiger partial charge on any atom is 0.341 e. The van der Waals surface area contributed by atoms with Gasteiger partial charge in [-0.15, -0.1) is 11.3 Å². The monoisotopic (exact) mass is 443 g/mol. The average molecular weight is 444 g/mol. The topological polar surface area (TPSA) is 81.7 Å². The second-order valence-corrected chi connectivity index (χ2v) is 9.69. The molecule has 156 valence electrons. The van der Waals surface area contributed by atoms with Crippen molar-refractivity contribution in [3.63, 3.8) is 0 Å². The molecule has 0 aliphatic heterocycles. The molecule has 8 heteroatoms. The third-order valence-electron chi connectivity index (χ3n) is 4.90. The Bertz CT molecular complexity index is 1150. The van der Waals surface area contributed by atoms with Crippen molar-refractivity contribution in [1.29, 1.82) is 0 Å². The van der Waals surface area contributed by atoms with Gasteiger partial charge >= 0.3 is 5.97 Å². The van der Waals surface area contributed by atoms with Gasteiger partial charge in [0, 0.05) is 4.88 Å². The van der Waals surface area contributed by atoms with Gasteiger partial charge in [-0.3, -0.25) is 4.72 Å². The SMILES string of the molecule is COC(=O)c1c(NS(=O)(=O)c2ccc(Oc3ccccc3)cc2)sc2c1CCCC2. The van der Waals surface area contributed by atoms with Gasteiger partial charge < -0.3 is 9.47 Å². The van der Waals surface area contributed by atoms with Gasteiger partial charge in [-0.1, -0.05) is 18.2 Å². The number of thiophene rings is 1. The normalized spacial score (nSPS) is 13.4. The van der Waals surface area contributed by atoms with Crippen LogP contribution in [0, 0.1) is 0 Å². The number of carbonyl (C=O) groups is 1. The molecule has 2 aromatic carbocycles. The number of nitrogens with one attached hydrogen (secondary N) is 1. The molecule has 0 saturated heterocycles. The number of methoxy groups -OCH3 is 1. The molecule has 1 aromatic heterocycles. The molecular formula is C22H21NO5S2. The smallest absolute Gasteiger partial charge is 0.341 e. The van der Waals surface area contributed by atoms with Gasteiger partial charge in [0.2, 0.25) is 0 Å². The number of rotatable bonds is 6. The van der Waals surface area contributed by atoms with Crippen molar-refractivity contribution in [1.82, 2.24) is 0 Å². The van der Waals surface area contributed by atoms with Gasteiger partial charge in [0.05, 0.1) is 17.6 Å². The fourth-order valence-electron chi connectivity index (χ4n) is 3.45. The molecule has 0 atom stereocenters. The Balaban J connectivity index is 1.59. The van der Waals surface area contributed by atoms with Crippen LogP contribution in [0.4, 0.5) is 5.00 Å². The van der Waals surface area contributed by atoms with Gasteiger partial charge in [0.1, 0.15) is 16.5 Å². The molecule has 0 bridgehead atoms. The van der Waals surface area contributed by atoms with E-state index in [2.05, 4.69) is 4.72 Å². The predicted molar refractivity (Wildman–Crippen MR) is 116 cm³/mol. The lowest BCUT2D eigenvalue weighted by molar-refractivity contribution is 0.0601. The minimum absolute atomic E-state index is 0.0881. The summed E-state index contributed by atoms with van der Waals surface area (Å²) in [5.41, 5.74) is 1.24. The van der Waals surface area contributed by atoms with Crippen LogP contribution in [0.5, 0.6) is 11.5 Å². The molecule has 4 rings (SSSR count). The molecule has 1 aliphatic carbocycles.